The van der Waals surface area contributed by atoms with Crippen LogP contribution in [0.25, 0.3) is 0 Å². The van der Waals surface area contributed by atoms with Crippen LogP contribution < -0.4 is 5.73 Å². The number of hydrogen-bond donors (Lipinski definition) is 1. The van der Waals surface area contributed by atoms with E-state index in [4.69, 9.17) is 5.73 Å². The Balaban J connectivity index is 2.17. The highest BCUT2D eigenvalue weighted by Crippen LogP contribution is 2.22. The number of benzene rings is 2. The maximum atomic E-state index is 5.64. The minimum Gasteiger partial charge on any atom is -0.330 e. The SMILES string of the molecule is NCCC=[N+]1Cc2ccccc2C#Cc2ccccc21. The number of para-hydroxylation sites is 1. The van der Waals surface area contributed by atoms with Gasteiger partial charge in [-0.15, -0.1) is 0 Å². The summed E-state index contributed by atoms with van der Waals surface area (Å²) in [6, 6.07) is 16.6. The molecule has 98 valence electrons. The van der Waals surface area contributed by atoms with Crippen LogP contribution >= 0.6 is 0 Å². The topological polar surface area (TPSA) is 29.0 Å². The summed E-state index contributed by atoms with van der Waals surface area (Å²) in [6.45, 7) is 1.49. The predicted molar refractivity (Wildman–Crippen MR) is 82.2 cm³/mol. The minimum atomic E-state index is 0.659. The molecule has 0 atom stereocenters. The van der Waals surface area contributed by atoms with Crippen LogP contribution in [0.15, 0.2) is 48.5 Å². The maximum Gasteiger partial charge on any atom is 0.221 e. The molecule has 0 radical (unpaired) electrons. The molecule has 2 aromatic carbocycles. The van der Waals surface area contributed by atoms with Gasteiger partial charge in [0.1, 0.15) is 6.21 Å². The fourth-order valence-corrected chi connectivity index (χ4v) is 2.41. The number of rotatable bonds is 2. The lowest BCUT2D eigenvalue weighted by Crippen LogP contribution is -2.13. The van der Waals surface area contributed by atoms with Crippen molar-refractivity contribution in [2.45, 2.75) is 13.0 Å². The van der Waals surface area contributed by atoms with Gasteiger partial charge < -0.3 is 5.73 Å². The first-order chi connectivity index (χ1) is 9.88. The van der Waals surface area contributed by atoms with Gasteiger partial charge in [-0.2, -0.15) is 4.58 Å². The van der Waals surface area contributed by atoms with E-state index in [1.165, 1.54) is 5.56 Å². The van der Waals surface area contributed by atoms with Gasteiger partial charge in [-0.3, -0.25) is 0 Å². The first-order valence-corrected chi connectivity index (χ1v) is 6.87. The van der Waals surface area contributed by atoms with E-state index >= 15 is 0 Å². The van der Waals surface area contributed by atoms with Crippen molar-refractivity contribution < 1.29 is 4.58 Å². The zero-order valence-corrected chi connectivity index (χ0v) is 11.3. The molecule has 0 saturated carbocycles. The number of nitrogens with two attached hydrogens (primary N) is 1. The molecule has 1 heterocycles. The summed E-state index contributed by atoms with van der Waals surface area (Å²) >= 11 is 0. The summed E-state index contributed by atoms with van der Waals surface area (Å²) in [5.41, 5.74) is 10.2. The van der Waals surface area contributed by atoms with Crippen LogP contribution in [0.1, 0.15) is 23.1 Å². The molecule has 3 rings (SSSR count). The summed E-state index contributed by atoms with van der Waals surface area (Å²) < 4.78 is 2.26. The quantitative estimate of drug-likeness (QED) is 0.653. The van der Waals surface area contributed by atoms with Crippen LogP contribution in [0.3, 0.4) is 0 Å². The highest BCUT2D eigenvalue weighted by Gasteiger charge is 2.17. The molecule has 1 aliphatic heterocycles. The van der Waals surface area contributed by atoms with Crippen molar-refractivity contribution >= 4 is 11.9 Å². The van der Waals surface area contributed by atoms with Crippen molar-refractivity contribution in [2.24, 2.45) is 5.73 Å². The number of hydrogen-bond acceptors (Lipinski definition) is 1. The minimum absolute atomic E-state index is 0.659. The molecule has 0 unspecified atom stereocenters. The third-order valence-electron chi connectivity index (χ3n) is 3.42. The van der Waals surface area contributed by atoms with Crippen LogP contribution in [0.5, 0.6) is 0 Å². The van der Waals surface area contributed by atoms with Gasteiger partial charge in [-0.25, -0.2) is 0 Å². The van der Waals surface area contributed by atoms with Gasteiger partial charge in [0.05, 0.1) is 5.56 Å². The van der Waals surface area contributed by atoms with E-state index in [0.717, 1.165) is 29.8 Å². The fourth-order valence-electron chi connectivity index (χ4n) is 2.41. The molecule has 2 N–H and O–H groups in total. The van der Waals surface area contributed by atoms with Crippen LogP contribution in [0.4, 0.5) is 5.69 Å². The molecule has 0 bridgehead atoms. The lowest BCUT2D eigenvalue weighted by Gasteiger charge is -2.09. The second-order valence-corrected chi connectivity index (χ2v) is 4.81. The highest BCUT2D eigenvalue weighted by atomic mass is 15.0. The molecule has 0 saturated heterocycles. The van der Waals surface area contributed by atoms with Crippen LogP contribution in [-0.4, -0.2) is 17.3 Å². The Bertz CT molecular complexity index is 717. The Hall–Kier alpha value is -2.37. The van der Waals surface area contributed by atoms with E-state index in [-0.39, 0.29) is 0 Å². The predicted octanol–water partition coefficient (Wildman–Crippen LogP) is 2.66. The molecule has 0 aromatic heterocycles. The molecular formula is C18H17N2+. The Labute approximate surface area is 119 Å². The van der Waals surface area contributed by atoms with Crippen LogP contribution in [-0.2, 0) is 6.54 Å². The Kier molecular flexibility index (Phi) is 3.62. The maximum absolute atomic E-state index is 5.64. The first kappa shape index (κ1) is 12.7. The second kappa shape index (κ2) is 5.73. The standard InChI is InChI=1S/C18H17N2/c19-12-5-13-20-14-17-8-2-1-6-15(17)10-11-16-7-3-4-9-18(16)20/h1-4,6-9,13H,5,12,14,19H2/q+1. The monoisotopic (exact) mass is 261 g/mol. The molecule has 2 heteroatoms. The molecule has 0 spiro atoms. The Morgan fingerprint density at radius 2 is 1.70 bits per heavy atom. The first-order valence-electron chi connectivity index (χ1n) is 6.87. The van der Waals surface area contributed by atoms with Crippen molar-refractivity contribution in [3.8, 4) is 11.8 Å². The smallest absolute Gasteiger partial charge is 0.221 e. The van der Waals surface area contributed by atoms with E-state index in [0.29, 0.717) is 6.54 Å². The van der Waals surface area contributed by atoms with Gasteiger partial charge in [-0.1, -0.05) is 42.2 Å². The van der Waals surface area contributed by atoms with Crippen LogP contribution in [0, 0.1) is 11.8 Å². The van der Waals surface area contributed by atoms with Gasteiger partial charge in [-0.05, 0) is 12.1 Å². The summed E-state index contributed by atoms with van der Waals surface area (Å²) in [7, 11) is 0. The van der Waals surface area contributed by atoms with Gasteiger partial charge in [0.2, 0.25) is 5.69 Å². The van der Waals surface area contributed by atoms with Gasteiger partial charge in [0.25, 0.3) is 0 Å². The normalized spacial score (nSPS) is 14.6. The molecule has 0 aliphatic carbocycles. The van der Waals surface area contributed by atoms with Gasteiger partial charge in [0, 0.05) is 30.2 Å². The lowest BCUT2D eigenvalue weighted by molar-refractivity contribution is -0.454. The second-order valence-electron chi connectivity index (χ2n) is 4.81. The fraction of sp³-hybridized carbons (Fsp3) is 0.167. The molecular weight excluding hydrogens is 244 g/mol. The molecule has 0 fully saturated rings. The van der Waals surface area contributed by atoms with E-state index in [9.17, 15) is 0 Å². The van der Waals surface area contributed by atoms with E-state index in [1.807, 2.05) is 12.1 Å². The Morgan fingerprint density at radius 3 is 2.55 bits per heavy atom. The third kappa shape index (κ3) is 2.49. The zero-order valence-electron chi connectivity index (χ0n) is 11.3. The van der Waals surface area contributed by atoms with Crippen molar-refractivity contribution in [2.75, 3.05) is 6.54 Å². The van der Waals surface area contributed by atoms with E-state index < -0.39 is 0 Å². The number of nitrogens with zero attached hydrogens (tertiary/aromatic N) is 1. The van der Waals surface area contributed by atoms with Crippen molar-refractivity contribution in [1.29, 1.82) is 0 Å². The van der Waals surface area contributed by atoms with Crippen molar-refractivity contribution in [3.05, 3.63) is 65.2 Å². The third-order valence-corrected chi connectivity index (χ3v) is 3.42. The lowest BCUT2D eigenvalue weighted by atomic mass is 10.0. The number of fused-ring (bicyclic) bond motifs is 2. The summed E-state index contributed by atoms with van der Waals surface area (Å²) in [5.74, 6) is 6.57. The largest absolute Gasteiger partial charge is 0.330 e. The summed E-state index contributed by atoms with van der Waals surface area (Å²) in [4.78, 5) is 0. The van der Waals surface area contributed by atoms with Crippen molar-refractivity contribution in [1.82, 2.24) is 0 Å². The molecule has 1 aliphatic rings. The summed E-state index contributed by atoms with van der Waals surface area (Å²) in [5, 5.41) is 0. The molecule has 2 nitrogen and oxygen atoms in total. The molecule has 2 aromatic rings. The van der Waals surface area contributed by atoms with E-state index in [2.05, 4.69) is 59.0 Å². The molecule has 0 amide bonds. The van der Waals surface area contributed by atoms with Gasteiger partial charge in [0.15, 0.2) is 6.54 Å². The average Bonchev–Trinajstić information content (AvgIpc) is 2.48. The van der Waals surface area contributed by atoms with Crippen LogP contribution in [0.2, 0.25) is 0 Å². The van der Waals surface area contributed by atoms with Crippen molar-refractivity contribution in [3.63, 3.8) is 0 Å². The Morgan fingerprint density at radius 1 is 1.00 bits per heavy atom. The van der Waals surface area contributed by atoms with Gasteiger partial charge >= 0.3 is 0 Å². The average molecular weight is 261 g/mol. The van der Waals surface area contributed by atoms with E-state index in [1.54, 1.807) is 0 Å². The highest BCUT2D eigenvalue weighted by molar-refractivity contribution is 5.60. The summed E-state index contributed by atoms with van der Waals surface area (Å²) in [6.07, 6.45) is 3.03. The zero-order chi connectivity index (χ0) is 13.8. The molecule has 20 heavy (non-hydrogen) atoms.